The fourth-order valence-corrected chi connectivity index (χ4v) is 1.61. The van der Waals surface area contributed by atoms with Crippen LogP contribution >= 0.6 is 0 Å². The molecule has 104 valence electrons. The lowest BCUT2D eigenvalue weighted by atomic mass is 10.2. The maximum atomic E-state index is 11.5. The molecule has 1 aromatic carbocycles. The molecule has 0 fully saturated rings. The standard InChI is InChI=1S/C12H12N4O4/c1-13-11(17)8-4-3-5-9(6-8)20-12-10(16(18)19)14-7-15(12)2/h3-7H,1-2H3,(H,13,17). The molecule has 0 aliphatic carbocycles. The number of benzene rings is 1. The van der Waals surface area contributed by atoms with E-state index in [4.69, 9.17) is 4.74 Å². The van der Waals surface area contributed by atoms with Gasteiger partial charge in [-0.2, -0.15) is 0 Å². The molecule has 0 unspecified atom stereocenters. The molecule has 8 nitrogen and oxygen atoms in total. The fraction of sp³-hybridized carbons (Fsp3) is 0.167. The lowest BCUT2D eigenvalue weighted by Crippen LogP contribution is -2.17. The number of rotatable bonds is 4. The summed E-state index contributed by atoms with van der Waals surface area (Å²) in [6.07, 6.45) is 1.29. The fourth-order valence-electron chi connectivity index (χ4n) is 1.61. The van der Waals surface area contributed by atoms with E-state index in [0.717, 1.165) is 0 Å². The summed E-state index contributed by atoms with van der Waals surface area (Å²) >= 11 is 0. The molecule has 2 rings (SSSR count). The first-order chi connectivity index (χ1) is 9.52. The quantitative estimate of drug-likeness (QED) is 0.673. The molecule has 0 radical (unpaired) electrons. The van der Waals surface area contributed by atoms with E-state index in [2.05, 4.69) is 10.3 Å². The summed E-state index contributed by atoms with van der Waals surface area (Å²) in [5.74, 6) is -0.324. The van der Waals surface area contributed by atoms with Gasteiger partial charge in [-0.15, -0.1) is 0 Å². The number of carbonyl (C=O) groups is 1. The molecule has 0 aliphatic heterocycles. The van der Waals surface area contributed by atoms with E-state index in [1.807, 2.05) is 0 Å². The molecule has 8 heteroatoms. The van der Waals surface area contributed by atoms with Crippen LogP contribution in [0.1, 0.15) is 10.4 Å². The van der Waals surface area contributed by atoms with Crippen molar-refractivity contribution in [3.8, 4) is 11.6 Å². The normalized spacial score (nSPS) is 10.1. The summed E-state index contributed by atoms with van der Waals surface area (Å²) in [6.45, 7) is 0. The minimum absolute atomic E-state index is 0.00376. The number of nitrogens with one attached hydrogen (secondary N) is 1. The number of ether oxygens (including phenoxy) is 1. The Morgan fingerprint density at radius 2 is 2.25 bits per heavy atom. The summed E-state index contributed by atoms with van der Waals surface area (Å²) in [4.78, 5) is 25.4. The van der Waals surface area contributed by atoms with E-state index in [0.29, 0.717) is 11.3 Å². The Hall–Kier alpha value is -2.90. The van der Waals surface area contributed by atoms with E-state index >= 15 is 0 Å². The lowest BCUT2D eigenvalue weighted by molar-refractivity contribution is -0.390. The SMILES string of the molecule is CNC(=O)c1cccc(Oc2c([N+](=O)[O-])ncn2C)c1. The van der Waals surface area contributed by atoms with Gasteiger partial charge in [0.2, 0.25) is 6.33 Å². The Morgan fingerprint density at radius 3 is 2.90 bits per heavy atom. The first kappa shape index (κ1) is 13.5. The van der Waals surface area contributed by atoms with Gasteiger partial charge in [0.15, 0.2) is 0 Å². The van der Waals surface area contributed by atoms with Crippen molar-refractivity contribution >= 4 is 11.7 Å². The lowest BCUT2D eigenvalue weighted by Gasteiger charge is -2.06. The predicted molar refractivity (Wildman–Crippen MR) is 69.8 cm³/mol. The zero-order valence-corrected chi connectivity index (χ0v) is 10.9. The molecule has 0 atom stereocenters. The zero-order chi connectivity index (χ0) is 14.7. The van der Waals surface area contributed by atoms with E-state index < -0.39 is 4.92 Å². The van der Waals surface area contributed by atoms with E-state index in [-0.39, 0.29) is 17.6 Å². The summed E-state index contributed by atoms with van der Waals surface area (Å²) in [6, 6.07) is 6.34. The smallest absolute Gasteiger partial charge is 0.427 e. The average molecular weight is 276 g/mol. The number of carbonyl (C=O) groups excluding carboxylic acids is 1. The largest absolute Gasteiger partial charge is 0.434 e. The first-order valence-electron chi connectivity index (χ1n) is 5.68. The number of nitrogens with zero attached hydrogens (tertiary/aromatic N) is 3. The van der Waals surface area contributed by atoms with Crippen molar-refractivity contribution in [3.63, 3.8) is 0 Å². The van der Waals surface area contributed by atoms with E-state index in [1.165, 1.54) is 24.0 Å². The highest BCUT2D eigenvalue weighted by Gasteiger charge is 2.22. The maximum absolute atomic E-state index is 11.5. The molecule has 1 heterocycles. The maximum Gasteiger partial charge on any atom is 0.427 e. The number of nitro groups is 1. The Kier molecular flexibility index (Phi) is 3.65. The summed E-state index contributed by atoms with van der Waals surface area (Å²) in [5.41, 5.74) is 0.398. The van der Waals surface area contributed by atoms with Crippen molar-refractivity contribution in [1.29, 1.82) is 0 Å². The Morgan fingerprint density at radius 1 is 1.50 bits per heavy atom. The monoisotopic (exact) mass is 276 g/mol. The molecule has 0 saturated carbocycles. The summed E-state index contributed by atoms with van der Waals surface area (Å²) in [7, 11) is 3.10. The molecule has 0 saturated heterocycles. The second-order valence-electron chi connectivity index (χ2n) is 3.95. The Balaban J connectivity index is 2.33. The molecule has 2 aromatic rings. The Bertz CT molecular complexity index is 665. The van der Waals surface area contributed by atoms with Gasteiger partial charge in [-0.25, -0.2) is 0 Å². The average Bonchev–Trinajstić information content (AvgIpc) is 2.80. The van der Waals surface area contributed by atoms with Crippen molar-refractivity contribution in [3.05, 3.63) is 46.3 Å². The zero-order valence-electron chi connectivity index (χ0n) is 10.9. The van der Waals surface area contributed by atoms with Crippen molar-refractivity contribution < 1.29 is 14.5 Å². The molecule has 1 N–H and O–H groups in total. The van der Waals surface area contributed by atoms with Gasteiger partial charge in [0.25, 0.3) is 5.91 Å². The minimum atomic E-state index is -0.627. The van der Waals surface area contributed by atoms with Gasteiger partial charge in [-0.3, -0.25) is 9.36 Å². The van der Waals surface area contributed by atoms with Crippen LogP contribution in [0.3, 0.4) is 0 Å². The van der Waals surface area contributed by atoms with Crippen LogP contribution in [0, 0.1) is 10.1 Å². The van der Waals surface area contributed by atoms with Crippen LogP contribution in [0.2, 0.25) is 0 Å². The van der Waals surface area contributed by atoms with Crippen molar-refractivity contribution in [2.45, 2.75) is 0 Å². The van der Waals surface area contributed by atoms with Crippen LogP contribution in [-0.2, 0) is 7.05 Å². The molecule has 0 aliphatic rings. The molecule has 1 aromatic heterocycles. The van der Waals surface area contributed by atoms with E-state index in [9.17, 15) is 14.9 Å². The predicted octanol–water partition coefficient (Wildman–Crippen LogP) is 1.48. The number of aryl methyl sites for hydroxylation is 1. The number of hydrogen-bond acceptors (Lipinski definition) is 5. The molecule has 0 spiro atoms. The summed E-state index contributed by atoms with van der Waals surface area (Å²) in [5, 5.41) is 13.3. The van der Waals surface area contributed by atoms with Crippen molar-refractivity contribution in [2.75, 3.05) is 7.05 Å². The molecule has 0 bridgehead atoms. The minimum Gasteiger partial charge on any atom is -0.434 e. The third-order valence-corrected chi connectivity index (χ3v) is 2.58. The van der Waals surface area contributed by atoms with Crippen molar-refractivity contribution in [1.82, 2.24) is 14.9 Å². The molecular weight excluding hydrogens is 264 g/mol. The van der Waals surface area contributed by atoms with Gasteiger partial charge in [0.1, 0.15) is 5.75 Å². The van der Waals surface area contributed by atoms with Crippen LogP contribution in [0.25, 0.3) is 0 Å². The van der Waals surface area contributed by atoms with Crippen LogP contribution in [0.4, 0.5) is 5.82 Å². The third-order valence-electron chi connectivity index (χ3n) is 2.58. The van der Waals surface area contributed by atoms with Crippen molar-refractivity contribution in [2.24, 2.45) is 7.05 Å². The number of imidazole rings is 1. The van der Waals surface area contributed by atoms with Gasteiger partial charge < -0.3 is 20.2 Å². The molecular formula is C12H12N4O4. The summed E-state index contributed by atoms with van der Waals surface area (Å²) < 4.78 is 6.85. The number of hydrogen-bond donors (Lipinski definition) is 1. The molecule has 1 amide bonds. The highest BCUT2D eigenvalue weighted by molar-refractivity contribution is 5.94. The topological polar surface area (TPSA) is 99.3 Å². The van der Waals surface area contributed by atoms with Gasteiger partial charge in [-0.1, -0.05) is 6.07 Å². The second kappa shape index (κ2) is 5.39. The highest BCUT2D eigenvalue weighted by atomic mass is 16.6. The Labute approximate surface area is 114 Å². The third kappa shape index (κ3) is 2.58. The number of amides is 1. The van der Waals surface area contributed by atoms with Crippen LogP contribution in [-0.4, -0.2) is 27.4 Å². The van der Waals surface area contributed by atoms with Crippen LogP contribution < -0.4 is 10.1 Å². The first-order valence-corrected chi connectivity index (χ1v) is 5.68. The van der Waals surface area contributed by atoms with Crippen LogP contribution in [0.15, 0.2) is 30.6 Å². The van der Waals surface area contributed by atoms with Gasteiger partial charge >= 0.3 is 11.7 Å². The van der Waals surface area contributed by atoms with E-state index in [1.54, 1.807) is 25.2 Å². The van der Waals surface area contributed by atoms with Gasteiger partial charge in [-0.05, 0) is 28.1 Å². The highest BCUT2D eigenvalue weighted by Crippen LogP contribution is 2.29. The second-order valence-corrected chi connectivity index (χ2v) is 3.95. The van der Waals surface area contributed by atoms with Crippen LogP contribution in [0.5, 0.6) is 11.6 Å². The van der Waals surface area contributed by atoms with Gasteiger partial charge in [0, 0.05) is 19.7 Å². The molecule has 20 heavy (non-hydrogen) atoms. The van der Waals surface area contributed by atoms with Gasteiger partial charge in [0.05, 0.1) is 0 Å². The number of aromatic nitrogens is 2.